The van der Waals surface area contributed by atoms with Crippen molar-refractivity contribution >= 4 is 12.4 Å². The molecule has 1 aromatic heterocycles. The van der Waals surface area contributed by atoms with E-state index in [1.54, 1.807) is 13.2 Å². The van der Waals surface area contributed by atoms with E-state index in [4.69, 9.17) is 13.9 Å². The van der Waals surface area contributed by atoms with Crippen LogP contribution in [0.5, 0.6) is 11.5 Å². The second-order valence-corrected chi connectivity index (χ2v) is 5.99. The molecule has 0 aliphatic carbocycles. The fraction of sp³-hybridized carbons (Fsp3) is 0.182. The average Bonchev–Trinajstić information content (AvgIpc) is 3.09. The molecule has 0 N–H and O–H groups in total. The molecule has 0 saturated heterocycles. The van der Waals surface area contributed by atoms with Crippen molar-refractivity contribution < 1.29 is 18.7 Å². The molecule has 2 aromatic carbocycles. The van der Waals surface area contributed by atoms with Crippen molar-refractivity contribution in [3.8, 4) is 23.0 Å². The zero-order valence-electron chi connectivity index (χ0n) is 15.5. The summed E-state index contributed by atoms with van der Waals surface area (Å²) >= 11 is 0. The molecule has 1 atom stereocenters. The average molecular weight is 363 g/mol. The van der Waals surface area contributed by atoms with Crippen molar-refractivity contribution in [1.82, 2.24) is 4.98 Å². The number of carbonyl (C=O) groups is 1. The molecule has 0 aliphatic heterocycles. The first-order chi connectivity index (χ1) is 13.1. The Morgan fingerprint density at radius 3 is 2.59 bits per heavy atom. The predicted octanol–water partition coefficient (Wildman–Crippen LogP) is 5.01. The number of oxazole rings is 1. The minimum Gasteiger partial charge on any atom is -0.493 e. The lowest BCUT2D eigenvalue weighted by Gasteiger charge is -2.16. The Bertz CT molecular complexity index is 944. The van der Waals surface area contributed by atoms with Gasteiger partial charge in [-0.15, -0.1) is 0 Å². The molecule has 0 fully saturated rings. The molecular formula is C22H21NO4. The van der Waals surface area contributed by atoms with Crippen LogP contribution in [0.3, 0.4) is 0 Å². The maximum atomic E-state index is 10.5. The van der Waals surface area contributed by atoms with Crippen LogP contribution in [0.1, 0.15) is 30.0 Å². The smallest absolute Gasteiger partial charge is 0.226 e. The lowest BCUT2D eigenvalue weighted by Crippen LogP contribution is -2.06. The standard InChI is InChI=1S/C22H21NO4/c1-15(21-16(2)27-22(23-21)18-9-5-4-6-10-18)26-19-12-11-17(8-7-13-24)14-20(19)25-3/h4-15H,1-3H3/b8-7+. The molecule has 0 bridgehead atoms. The summed E-state index contributed by atoms with van der Waals surface area (Å²) in [6, 6.07) is 15.2. The number of allylic oxidation sites excluding steroid dienone is 1. The molecule has 1 unspecified atom stereocenters. The van der Waals surface area contributed by atoms with E-state index in [0.717, 1.165) is 23.1 Å². The van der Waals surface area contributed by atoms with Gasteiger partial charge in [-0.05, 0) is 49.8 Å². The highest BCUT2D eigenvalue weighted by atomic mass is 16.5. The number of aryl methyl sites for hydroxylation is 1. The molecule has 27 heavy (non-hydrogen) atoms. The molecular weight excluding hydrogens is 342 g/mol. The third-order valence-corrected chi connectivity index (χ3v) is 4.10. The van der Waals surface area contributed by atoms with Gasteiger partial charge in [0.1, 0.15) is 23.8 Å². The summed E-state index contributed by atoms with van der Waals surface area (Å²) in [5.74, 6) is 2.46. The number of rotatable bonds is 7. The van der Waals surface area contributed by atoms with Crippen LogP contribution in [0.25, 0.3) is 17.5 Å². The fourth-order valence-electron chi connectivity index (χ4n) is 2.77. The van der Waals surface area contributed by atoms with Gasteiger partial charge in [-0.2, -0.15) is 0 Å². The van der Waals surface area contributed by atoms with Gasteiger partial charge in [0.2, 0.25) is 5.89 Å². The topological polar surface area (TPSA) is 61.6 Å². The van der Waals surface area contributed by atoms with Gasteiger partial charge in [-0.3, -0.25) is 4.79 Å². The van der Waals surface area contributed by atoms with Gasteiger partial charge in [0.25, 0.3) is 0 Å². The summed E-state index contributed by atoms with van der Waals surface area (Å²) < 4.78 is 17.3. The predicted molar refractivity (Wildman–Crippen MR) is 104 cm³/mol. The van der Waals surface area contributed by atoms with Crippen LogP contribution >= 0.6 is 0 Å². The molecule has 5 nitrogen and oxygen atoms in total. The second-order valence-electron chi connectivity index (χ2n) is 5.99. The van der Waals surface area contributed by atoms with Gasteiger partial charge < -0.3 is 13.9 Å². The Morgan fingerprint density at radius 1 is 1.11 bits per heavy atom. The molecule has 0 saturated carbocycles. The monoisotopic (exact) mass is 363 g/mol. The highest BCUT2D eigenvalue weighted by Gasteiger charge is 2.20. The van der Waals surface area contributed by atoms with E-state index >= 15 is 0 Å². The van der Waals surface area contributed by atoms with E-state index in [-0.39, 0.29) is 6.10 Å². The Balaban J connectivity index is 1.83. The molecule has 0 aliphatic rings. The van der Waals surface area contributed by atoms with Crippen LogP contribution in [-0.2, 0) is 4.79 Å². The first kappa shape index (κ1) is 18.5. The van der Waals surface area contributed by atoms with Crippen molar-refractivity contribution in [3.05, 3.63) is 71.6 Å². The van der Waals surface area contributed by atoms with Crippen molar-refractivity contribution in [2.45, 2.75) is 20.0 Å². The van der Waals surface area contributed by atoms with Crippen molar-refractivity contribution in [2.24, 2.45) is 0 Å². The van der Waals surface area contributed by atoms with Crippen molar-refractivity contribution in [3.63, 3.8) is 0 Å². The van der Waals surface area contributed by atoms with Gasteiger partial charge in [-0.25, -0.2) is 4.98 Å². The van der Waals surface area contributed by atoms with Crippen molar-refractivity contribution in [2.75, 3.05) is 7.11 Å². The van der Waals surface area contributed by atoms with E-state index in [1.807, 2.05) is 62.4 Å². The van der Waals surface area contributed by atoms with Gasteiger partial charge in [0.15, 0.2) is 11.5 Å². The maximum Gasteiger partial charge on any atom is 0.226 e. The van der Waals surface area contributed by atoms with E-state index in [2.05, 4.69) is 4.98 Å². The largest absolute Gasteiger partial charge is 0.493 e. The van der Waals surface area contributed by atoms with Crippen LogP contribution in [0, 0.1) is 6.92 Å². The summed E-state index contributed by atoms with van der Waals surface area (Å²) in [4.78, 5) is 15.1. The Kier molecular flexibility index (Phi) is 5.71. The number of benzene rings is 2. The van der Waals surface area contributed by atoms with Crippen LogP contribution in [0.15, 0.2) is 59.0 Å². The minimum atomic E-state index is -0.323. The molecule has 0 amide bonds. The summed E-state index contributed by atoms with van der Waals surface area (Å²) in [6.45, 7) is 3.79. The first-order valence-electron chi connectivity index (χ1n) is 8.61. The molecule has 1 heterocycles. The molecule has 3 rings (SSSR count). The lowest BCUT2D eigenvalue weighted by atomic mass is 10.2. The van der Waals surface area contributed by atoms with Crippen LogP contribution in [-0.4, -0.2) is 18.4 Å². The van der Waals surface area contributed by atoms with Gasteiger partial charge in [-0.1, -0.05) is 30.3 Å². The van der Waals surface area contributed by atoms with Crippen LogP contribution in [0.4, 0.5) is 0 Å². The number of ether oxygens (including phenoxy) is 2. The second kappa shape index (κ2) is 8.36. The van der Waals surface area contributed by atoms with E-state index in [0.29, 0.717) is 23.1 Å². The Labute approximate surface area is 158 Å². The lowest BCUT2D eigenvalue weighted by molar-refractivity contribution is -0.104. The van der Waals surface area contributed by atoms with Gasteiger partial charge in [0.05, 0.1) is 7.11 Å². The summed E-state index contributed by atoms with van der Waals surface area (Å²) in [7, 11) is 1.58. The highest BCUT2D eigenvalue weighted by molar-refractivity contribution is 5.74. The van der Waals surface area contributed by atoms with E-state index in [1.165, 1.54) is 6.08 Å². The van der Waals surface area contributed by atoms with E-state index in [9.17, 15) is 4.79 Å². The molecule has 3 aromatic rings. The van der Waals surface area contributed by atoms with E-state index < -0.39 is 0 Å². The number of carbonyl (C=O) groups excluding carboxylic acids is 1. The molecule has 0 spiro atoms. The highest BCUT2D eigenvalue weighted by Crippen LogP contribution is 2.34. The minimum absolute atomic E-state index is 0.323. The third-order valence-electron chi connectivity index (χ3n) is 4.10. The first-order valence-corrected chi connectivity index (χ1v) is 8.61. The SMILES string of the molecule is COc1cc(/C=C/C=O)ccc1OC(C)c1nc(-c2ccccc2)oc1C. The fourth-order valence-corrected chi connectivity index (χ4v) is 2.77. The maximum absolute atomic E-state index is 10.5. The summed E-state index contributed by atoms with van der Waals surface area (Å²) in [5, 5.41) is 0. The zero-order valence-corrected chi connectivity index (χ0v) is 15.5. The molecule has 0 radical (unpaired) electrons. The number of hydrogen-bond donors (Lipinski definition) is 0. The van der Waals surface area contributed by atoms with Crippen LogP contribution in [0.2, 0.25) is 0 Å². The van der Waals surface area contributed by atoms with Gasteiger partial charge in [0, 0.05) is 5.56 Å². The molecule has 5 heteroatoms. The Hall–Kier alpha value is -3.34. The number of nitrogens with zero attached hydrogens (tertiary/aromatic N) is 1. The number of hydrogen-bond acceptors (Lipinski definition) is 5. The van der Waals surface area contributed by atoms with Crippen molar-refractivity contribution in [1.29, 1.82) is 0 Å². The number of aldehydes is 1. The Morgan fingerprint density at radius 2 is 1.89 bits per heavy atom. The number of methoxy groups -OCH3 is 1. The number of aromatic nitrogens is 1. The van der Waals surface area contributed by atoms with Crippen LogP contribution < -0.4 is 9.47 Å². The normalized spacial score (nSPS) is 12.1. The quantitative estimate of drug-likeness (QED) is 0.436. The third kappa shape index (κ3) is 4.26. The van der Waals surface area contributed by atoms with Gasteiger partial charge >= 0.3 is 0 Å². The molecule has 138 valence electrons. The zero-order chi connectivity index (χ0) is 19.2. The summed E-state index contributed by atoms with van der Waals surface area (Å²) in [5.41, 5.74) is 2.51. The summed E-state index contributed by atoms with van der Waals surface area (Å²) in [6.07, 6.45) is 3.55.